The Morgan fingerprint density at radius 3 is 2.51 bits per heavy atom. The van der Waals surface area contributed by atoms with E-state index in [4.69, 9.17) is 0 Å². The van der Waals surface area contributed by atoms with E-state index in [9.17, 15) is 18.7 Å². The summed E-state index contributed by atoms with van der Waals surface area (Å²) in [5, 5.41) is 26.8. The van der Waals surface area contributed by atoms with Crippen LogP contribution in [0.4, 0.5) is 19.3 Å². The molecule has 1 aliphatic rings. The molecular formula is C22H21F2N9O2. The number of amides is 2. The number of halogens is 2. The lowest BCUT2D eigenvalue weighted by molar-refractivity contribution is -0.0475. The SMILES string of the molecule is CC(N1CCN(c2ccc(-n3cnnn3)cc2)C1=O)[C@](O)(Cn1cncn1)c1ccc(F)cc1F. The lowest BCUT2D eigenvalue weighted by Gasteiger charge is -2.39. The van der Waals surface area contributed by atoms with E-state index in [0.717, 1.165) is 11.8 Å². The van der Waals surface area contributed by atoms with E-state index in [-0.39, 0.29) is 24.7 Å². The summed E-state index contributed by atoms with van der Waals surface area (Å²) in [6.45, 7) is 2.08. The first-order valence-corrected chi connectivity index (χ1v) is 10.8. The van der Waals surface area contributed by atoms with Gasteiger partial charge in [-0.1, -0.05) is 6.07 Å². The van der Waals surface area contributed by atoms with Crippen LogP contribution in [0.15, 0.2) is 61.4 Å². The van der Waals surface area contributed by atoms with Gasteiger partial charge < -0.3 is 10.0 Å². The number of nitrogens with zero attached hydrogens (tertiary/aromatic N) is 9. The fourth-order valence-electron chi connectivity index (χ4n) is 4.32. The topological polar surface area (TPSA) is 118 Å². The van der Waals surface area contributed by atoms with Crippen LogP contribution in [0.25, 0.3) is 5.69 Å². The van der Waals surface area contributed by atoms with Crippen molar-refractivity contribution >= 4 is 11.7 Å². The molecule has 4 aromatic rings. The highest BCUT2D eigenvalue weighted by molar-refractivity contribution is 5.94. The number of anilines is 1. The molecule has 2 aromatic carbocycles. The molecule has 1 aliphatic heterocycles. The van der Waals surface area contributed by atoms with Gasteiger partial charge >= 0.3 is 6.03 Å². The summed E-state index contributed by atoms with van der Waals surface area (Å²) in [5.41, 5.74) is -0.681. The molecule has 1 saturated heterocycles. The second-order valence-corrected chi connectivity index (χ2v) is 8.22. The number of aliphatic hydroxyl groups is 1. The van der Waals surface area contributed by atoms with Crippen molar-refractivity contribution in [3.8, 4) is 5.69 Å². The highest BCUT2D eigenvalue weighted by Gasteiger charge is 2.46. The van der Waals surface area contributed by atoms with Gasteiger partial charge in [0.2, 0.25) is 0 Å². The minimum atomic E-state index is -1.92. The maximum absolute atomic E-state index is 14.8. The smallest absolute Gasteiger partial charge is 0.324 e. The normalized spacial score (nSPS) is 16.5. The quantitative estimate of drug-likeness (QED) is 0.427. The second-order valence-electron chi connectivity index (χ2n) is 8.22. The maximum Gasteiger partial charge on any atom is 0.324 e. The Morgan fingerprint density at radius 2 is 1.86 bits per heavy atom. The van der Waals surface area contributed by atoms with Crippen molar-refractivity contribution in [1.29, 1.82) is 0 Å². The van der Waals surface area contributed by atoms with Crippen LogP contribution >= 0.6 is 0 Å². The Morgan fingerprint density at radius 1 is 1.09 bits per heavy atom. The number of urea groups is 1. The number of rotatable bonds is 7. The zero-order chi connectivity index (χ0) is 24.6. The molecule has 11 nitrogen and oxygen atoms in total. The van der Waals surface area contributed by atoms with Crippen molar-refractivity contribution in [3.63, 3.8) is 0 Å². The zero-order valence-electron chi connectivity index (χ0n) is 18.6. The minimum absolute atomic E-state index is 0.140. The van der Waals surface area contributed by atoms with Gasteiger partial charge in [-0.25, -0.2) is 27.9 Å². The van der Waals surface area contributed by atoms with Crippen molar-refractivity contribution in [2.24, 2.45) is 0 Å². The highest BCUT2D eigenvalue weighted by Crippen LogP contribution is 2.35. The number of carbonyl (C=O) groups is 1. The average Bonchev–Trinajstić information content (AvgIpc) is 3.61. The van der Waals surface area contributed by atoms with E-state index in [1.807, 2.05) is 0 Å². The van der Waals surface area contributed by atoms with Crippen molar-refractivity contribution in [2.45, 2.75) is 25.1 Å². The molecular weight excluding hydrogens is 460 g/mol. The molecule has 1 N–H and O–H groups in total. The van der Waals surface area contributed by atoms with Gasteiger partial charge in [-0.3, -0.25) is 4.90 Å². The summed E-state index contributed by atoms with van der Waals surface area (Å²) >= 11 is 0. The second kappa shape index (κ2) is 8.83. The van der Waals surface area contributed by atoms with Gasteiger partial charge in [0.15, 0.2) is 0 Å². The van der Waals surface area contributed by atoms with Crippen molar-refractivity contribution in [3.05, 3.63) is 78.6 Å². The molecule has 0 saturated carbocycles. The molecule has 1 unspecified atom stereocenters. The molecule has 0 aliphatic carbocycles. The number of aromatic nitrogens is 7. The fraction of sp³-hybridized carbons (Fsp3) is 0.273. The number of benzene rings is 2. The molecule has 35 heavy (non-hydrogen) atoms. The molecule has 0 radical (unpaired) electrons. The Kier molecular flexibility index (Phi) is 5.68. The van der Waals surface area contributed by atoms with Crippen LogP contribution in [-0.4, -0.2) is 70.1 Å². The van der Waals surface area contributed by atoms with E-state index in [0.29, 0.717) is 18.3 Å². The third-order valence-corrected chi connectivity index (χ3v) is 6.24. The standard InChI is InChI=1S/C22H21F2N9O2/c1-15(22(35,11-30-13-25-12-27-30)19-7-2-16(23)10-20(19)24)31-8-9-32(21(31)34)17-3-5-18(6-4-17)33-14-26-28-29-33/h2-7,10,12-15,35H,8-9,11H2,1H3/t15?,22-/m1/s1. The first-order chi connectivity index (χ1) is 16.9. The van der Waals surface area contributed by atoms with E-state index >= 15 is 0 Å². The Bertz CT molecular complexity index is 1320. The van der Waals surface area contributed by atoms with Crippen LogP contribution in [-0.2, 0) is 12.1 Å². The van der Waals surface area contributed by atoms with Gasteiger partial charge in [-0.2, -0.15) is 5.10 Å². The summed E-state index contributed by atoms with van der Waals surface area (Å²) in [6, 6.07) is 8.82. The van der Waals surface area contributed by atoms with Gasteiger partial charge in [-0.15, -0.1) is 5.10 Å². The summed E-state index contributed by atoms with van der Waals surface area (Å²) < 4.78 is 31.3. The number of tetrazole rings is 1. The summed E-state index contributed by atoms with van der Waals surface area (Å²) in [5.74, 6) is -1.68. The molecule has 13 heteroatoms. The largest absolute Gasteiger partial charge is 0.381 e. The summed E-state index contributed by atoms with van der Waals surface area (Å²) in [6.07, 6.45) is 4.13. The van der Waals surface area contributed by atoms with Gasteiger partial charge in [-0.05, 0) is 47.7 Å². The summed E-state index contributed by atoms with van der Waals surface area (Å²) in [7, 11) is 0. The number of hydrogen-bond acceptors (Lipinski definition) is 7. The Balaban J connectivity index is 1.43. The molecule has 0 spiro atoms. The molecule has 2 amide bonds. The number of carbonyl (C=O) groups excluding carboxylic acids is 1. The van der Waals surface area contributed by atoms with E-state index in [1.54, 1.807) is 36.1 Å². The third kappa shape index (κ3) is 4.10. The fourth-order valence-corrected chi connectivity index (χ4v) is 4.32. The Labute approximate surface area is 198 Å². The molecule has 5 rings (SSSR count). The first-order valence-electron chi connectivity index (χ1n) is 10.8. The van der Waals surface area contributed by atoms with E-state index in [1.165, 1.54) is 39.3 Å². The van der Waals surface area contributed by atoms with Crippen LogP contribution in [0.5, 0.6) is 0 Å². The first kappa shape index (κ1) is 22.5. The van der Waals surface area contributed by atoms with E-state index in [2.05, 4.69) is 25.6 Å². The van der Waals surface area contributed by atoms with Crippen LogP contribution in [0.3, 0.4) is 0 Å². The maximum atomic E-state index is 14.8. The molecule has 3 heterocycles. The molecule has 180 valence electrons. The monoisotopic (exact) mass is 481 g/mol. The lowest BCUT2D eigenvalue weighted by Crippen LogP contribution is -2.53. The molecule has 2 aromatic heterocycles. The van der Waals surface area contributed by atoms with Crippen LogP contribution in [0.2, 0.25) is 0 Å². The highest BCUT2D eigenvalue weighted by atomic mass is 19.1. The van der Waals surface area contributed by atoms with Gasteiger partial charge in [0, 0.05) is 30.4 Å². The van der Waals surface area contributed by atoms with Gasteiger partial charge in [0.05, 0.1) is 18.3 Å². The van der Waals surface area contributed by atoms with Crippen LogP contribution < -0.4 is 4.90 Å². The van der Waals surface area contributed by atoms with Crippen molar-refractivity contribution in [2.75, 3.05) is 18.0 Å². The molecule has 1 fully saturated rings. The summed E-state index contributed by atoms with van der Waals surface area (Å²) in [4.78, 5) is 20.3. The van der Waals surface area contributed by atoms with Crippen molar-refractivity contribution < 1.29 is 18.7 Å². The predicted octanol–water partition coefficient (Wildman–Crippen LogP) is 1.75. The minimum Gasteiger partial charge on any atom is -0.381 e. The van der Waals surface area contributed by atoms with Gasteiger partial charge in [0.1, 0.15) is 36.2 Å². The van der Waals surface area contributed by atoms with Crippen LogP contribution in [0, 0.1) is 11.6 Å². The molecule has 2 atom stereocenters. The predicted molar refractivity (Wildman–Crippen MR) is 118 cm³/mol. The van der Waals surface area contributed by atoms with Crippen molar-refractivity contribution in [1.82, 2.24) is 39.9 Å². The van der Waals surface area contributed by atoms with E-state index < -0.39 is 23.3 Å². The van der Waals surface area contributed by atoms with Crippen LogP contribution in [0.1, 0.15) is 12.5 Å². The average molecular weight is 481 g/mol. The van der Waals surface area contributed by atoms with Gasteiger partial charge in [0.25, 0.3) is 0 Å². The Hall–Kier alpha value is -4.26. The third-order valence-electron chi connectivity index (χ3n) is 6.24. The molecule has 0 bridgehead atoms. The lowest BCUT2D eigenvalue weighted by atomic mass is 9.85. The zero-order valence-corrected chi connectivity index (χ0v) is 18.6. The number of hydrogen-bond donors (Lipinski definition) is 1.